The third kappa shape index (κ3) is 2.52. The van der Waals surface area contributed by atoms with Gasteiger partial charge in [-0.2, -0.15) is 0 Å². The molecule has 1 amide bonds. The molecule has 0 radical (unpaired) electrons. The molecule has 0 fully saturated rings. The fourth-order valence-corrected chi connectivity index (χ4v) is 1.83. The van der Waals surface area contributed by atoms with Crippen LogP contribution in [0.25, 0.3) is 0 Å². The lowest BCUT2D eigenvalue weighted by Crippen LogP contribution is -2.26. The second kappa shape index (κ2) is 5.02. The number of benzene rings is 2. The summed E-state index contributed by atoms with van der Waals surface area (Å²) in [5.41, 5.74) is 1.68. The maximum Gasteiger partial charge on any atom is 0.258 e. The van der Waals surface area contributed by atoms with Crippen molar-refractivity contribution in [3.63, 3.8) is 0 Å². The van der Waals surface area contributed by atoms with Gasteiger partial charge in [0.1, 0.15) is 11.5 Å². The van der Waals surface area contributed by atoms with E-state index in [9.17, 15) is 15.0 Å². The first-order valence-electron chi connectivity index (χ1n) is 5.86. The summed E-state index contributed by atoms with van der Waals surface area (Å²) in [4.78, 5) is 13.8. The van der Waals surface area contributed by atoms with Crippen LogP contribution in [0, 0.1) is 6.92 Å². The van der Waals surface area contributed by atoms with Crippen molar-refractivity contribution in [2.75, 3.05) is 11.9 Å². The van der Waals surface area contributed by atoms with Gasteiger partial charge < -0.3 is 15.1 Å². The van der Waals surface area contributed by atoms with Gasteiger partial charge in [-0.1, -0.05) is 6.07 Å². The van der Waals surface area contributed by atoms with Crippen LogP contribution in [0.15, 0.2) is 42.5 Å². The lowest BCUT2D eigenvalue weighted by Gasteiger charge is -2.18. The standard InChI is InChI=1S/C15H15NO3/c1-10-13(4-3-5-14(10)18)15(19)16(2)11-6-8-12(17)9-7-11/h3-9,17-18H,1-2H3. The normalized spacial score (nSPS) is 10.2. The Morgan fingerprint density at radius 2 is 1.68 bits per heavy atom. The van der Waals surface area contributed by atoms with E-state index in [1.54, 1.807) is 44.3 Å². The number of anilines is 1. The maximum absolute atomic E-state index is 12.4. The van der Waals surface area contributed by atoms with Gasteiger partial charge in [-0.15, -0.1) is 0 Å². The average Bonchev–Trinajstić information content (AvgIpc) is 2.41. The Bertz CT molecular complexity index is 605. The zero-order valence-corrected chi connectivity index (χ0v) is 10.8. The van der Waals surface area contributed by atoms with E-state index in [1.807, 2.05) is 0 Å². The molecule has 0 aliphatic rings. The van der Waals surface area contributed by atoms with Crippen LogP contribution in [0.5, 0.6) is 11.5 Å². The summed E-state index contributed by atoms with van der Waals surface area (Å²) in [5, 5.41) is 18.9. The molecular formula is C15H15NO3. The second-order valence-corrected chi connectivity index (χ2v) is 4.33. The molecule has 0 spiro atoms. The van der Waals surface area contributed by atoms with Gasteiger partial charge in [0.15, 0.2) is 0 Å². The summed E-state index contributed by atoms with van der Waals surface area (Å²) in [6, 6.07) is 11.2. The number of hydrogen-bond acceptors (Lipinski definition) is 3. The Morgan fingerprint density at radius 3 is 2.32 bits per heavy atom. The predicted octanol–water partition coefficient (Wildman–Crippen LogP) is 2.68. The zero-order valence-electron chi connectivity index (χ0n) is 10.8. The SMILES string of the molecule is Cc1c(O)cccc1C(=O)N(C)c1ccc(O)cc1. The van der Waals surface area contributed by atoms with Gasteiger partial charge in [0, 0.05) is 23.9 Å². The number of nitrogens with zero attached hydrogens (tertiary/aromatic N) is 1. The van der Waals surface area contributed by atoms with Crippen molar-refractivity contribution in [2.45, 2.75) is 6.92 Å². The fourth-order valence-electron chi connectivity index (χ4n) is 1.83. The van der Waals surface area contributed by atoms with Crippen LogP contribution in [-0.4, -0.2) is 23.2 Å². The second-order valence-electron chi connectivity index (χ2n) is 4.33. The number of hydrogen-bond donors (Lipinski definition) is 2. The molecule has 0 saturated heterocycles. The van der Waals surface area contributed by atoms with Crippen LogP contribution in [0.2, 0.25) is 0 Å². The van der Waals surface area contributed by atoms with Gasteiger partial charge in [0.05, 0.1) is 0 Å². The molecule has 2 aromatic carbocycles. The lowest BCUT2D eigenvalue weighted by atomic mass is 10.1. The van der Waals surface area contributed by atoms with Crippen molar-refractivity contribution >= 4 is 11.6 Å². The van der Waals surface area contributed by atoms with E-state index in [-0.39, 0.29) is 17.4 Å². The Morgan fingerprint density at radius 1 is 1.05 bits per heavy atom. The number of phenols is 2. The monoisotopic (exact) mass is 257 g/mol. The van der Waals surface area contributed by atoms with E-state index < -0.39 is 0 Å². The number of aromatic hydroxyl groups is 2. The summed E-state index contributed by atoms with van der Waals surface area (Å²) in [5.74, 6) is 0.0437. The van der Waals surface area contributed by atoms with E-state index in [2.05, 4.69) is 0 Å². The molecule has 0 aliphatic carbocycles. The molecule has 0 bridgehead atoms. The van der Waals surface area contributed by atoms with Crippen molar-refractivity contribution < 1.29 is 15.0 Å². The Balaban J connectivity index is 2.33. The zero-order chi connectivity index (χ0) is 14.0. The third-order valence-electron chi connectivity index (χ3n) is 3.08. The van der Waals surface area contributed by atoms with Gasteiger partial charge in [-0.3, -0.25) is 4.79 Å². The predicted molar refractivity (Wildman–Crippen MR) is 73.7 cm³/mol. The Hall–Kier alpha value is -2.49. The van der Waals surface area contributed by atoms with E-state index in [0.717, 1.165) is 0 Å². The minimum Gasteiger partial charge on any atom is -0.508 e. The molecule has 98 valence electrons. The molecule has 2 N–H and O–H groups in total. The average molecular weight is 257 g/mol. The van der Waals surface area contributed by atoms with Crippen molar-refractivity contribution in [3.05, 3.63) is 53.6 Å². The number of carbonyl (C=O) groups is 1. The van der Waals surface area contributed by atoms with E-state index >= 15 is 0 Å². The molecule has 19 heavy (non-hydrogen) atoms. The summed E-state index contributed by atoms with van der Waals surface area (Å²) in [6.07, 6.45) is 0. The van der Waals surface area contributed by atoms with Crippen LogP contribution in [0.3, 0.4) is 0 Å². The van der Waals surface area contributed by atoms with Crippen LogP contribution in [-0.2, 0) is 0 Å². The minimum atomic E-state index is -0.209. The molecule has 2 aromatic rings. The van der Waals surface area contributed by atoms with Gasteiger partial charge >= 0.3 is 0 Å². The van der Waals surface area contributed by atoms with E-state index in [4.69, 9.17) is 0 Å². The van der Waals surface area contributed by atoms with Crippen LogP contribution in [0.4, 0.5) is 5.69 Å². The van der Waals surface area contributed by atoms with Crippen LogP contribution < -0.4 is 4.90 Å². The fraction of sp³-hybridized carbons (Fsp3) is 0.133. The van der Waals surface area contributed by atoms with Crippen LogP contribution in [0.1, 0.15) is 15.9 Å². The highest BCUT2D eigenvalue weighted by molar-refractivity contribution is 6.07. The highest BCUT2D eigenvalue weighted by Crippen LogP contribution is 2.23. The third-order valence-corrected chi connectivity index (χ3v) is 3.08. The molecule has 0 heterocycles. The number of phenolic OH excluding ortho intramolecular Hbond substituents is 2. The minimum absolute atomic E-state index is 0.102. The van der Waals surface area contributed by atoms with Crippen molar-refractivity contribution in [2.24, 2.45) is 0 Å². The first-order chi connectivity index (χ1) is 9.00. The van der Waals surface area contributed by atoms with Gasteiger partial charge in [-0.25, -0.2) is 0 Å². The smallest absolute Gasteiger partial charge is 0.258 e. The molecule has 0 aliphatic heterocycles. The van der Waals surface area contributed by atoms with Gasteiger partial charge in [-0.05, 0) is 43.3 Å². The van der Waals surface area contributed by atoms with Crippen molar-refractivity contribution in [3.8, 4) is 11.5 Å². The van der Waals surface area contributed by atoms with Crippen molar-refractivity contribution in [1.29, 1.82) is 0 Å². The van der Waals surface area contributed by atoms with E-state index in [0.29, 0.717) is 16.8 Å². The first kappa shape index (κ1) is 13.0. The molecule has 0 unspecified atom stereocenters. The van der Waals surface area contributed by atoms with Gasteiger partial charge in [0.2, 0.25) is 0 Å². The number of rotatable bonds is 2. The lowest BCUT2D eigenvalue weighted by molar-refractivity contribution is 0.0992. The molecule has 0 aromatic heterocycles. The topological polar surface area (TPSA) is 60.8 Å². The molecule has 4 heteroatoms. The maximum atomic E-state index is 12.4. The molecule has 0 saturated carbocycles. The summed E-state index contributed by atoms with van der Waals surface area (Å²) < 4.78 is 0. The highest BCUT2D eigenvalue weighted by Gasteiger charge is 2.16. The quantitative estimate of drug-likeness (QED) is 0.869. The van der Waals surface area contributed by atoms with E-state index in [1.165, 1.54) is 17.0 Å². The largest absolute Gasteiger partial charge is 0.508 e. The Kier molecular flexibility index (Phi) is 3.42. The highest BCUT2D eigenvalue weighted by atomic mass is 16.3. The molecule has 4 nitrogen and oxygen atoms in total. The summed E-state index contributed by atoms with van der Waals surface area (Å²) in [6.45, 7) is 1.70. The summed E-state index contributed by atoms with van der Waals surface area (Å²) >= 11 is 0. The number of amides is 1. The Labute approximate surface area is 111 Å². The first-order valence-corrected chi connectivity index (χ1v) is 5.86. The molecule has 2 rings (SSSR count). The van der Waals surface area contributed by atoms with Crippen molar-refractivity contribution in [1.82, 2.24) is 0 Å². The summed E-state index contributed by atoms with van der Waals surface area (Å²) in [7, 11) is 1.65. The van der Waals surface area contributed by atoms with Gasteiger partial charge in [0.25, 0.3) is 5.91 Å². The van der Waals surface area contributed by atoms with Crippen LogP contribution >= 0.6 is 0 Å². The molecular weight excluding hydrogens is 242 g/mol. The number of carbonyl (C=O) groups excluding carboxylic acids is 1. The molecule has 0 atom stereocenters.